The molecule has 1 aliphatic carbocycles. The number of nitrogens with zero attached hydrogens (tertiary/aromatic N) is 1. The first-order valence-electron chi connectivity index (χ1n) is 6.40. The number of carbonyl (C=O) groups excluding carboxylic acids is 1. The zero-order valence-corrected chi connectivity index (χ0v) is 10.3. The molecule has 4 nitrogen and oxygen atoms in total. The van der Waals surface area contributed by atoms with E-state index in [2.05, 4.69) is 22.6 Å². The minimum Gasteiger partial charge on any atom is -0.352 e. The third-order valence-corrected chi connectivity index (χ3v) is 3.43. The van der Waals surface area contributed by atoms with E-state index in [9.17, 15) is 4.79 Å². The molecule has 0 aromatic carbocycles. The molecule has 1 saturated heterocycles. The van der Waals surface area contributed by atoms with Gasteiger partial charge in [0.25, 0.3) is 0 Å². The summed E-state index contributed by atoms with van der Waals surface area (Å²) < 4.78 is 0. The molecule has 0 aromatic rings. The number of likely N-dealkylation sites (tertiary alicyclic amines) is 1. The van der Waals surface area contributed by atoms with E-state index in [0.29, 0.717) is 12.1 Å². The van der Waals surface area contributed by atoms with E-state index in [0.717, 1.165) is 19.4 Å². The van der Waals surface area contributed by atoms with Crippen molar-refractivity contribution in [1.29, 1.82) is 0 Å². The summed E-state index contributed by atoms with van der Waals surface area (Å²) in [5.74, 6) is 0.163. The highest BCUT2D eigenvalue weighted by Crippen LogP contribution is 2.18. The Balaban J connectivity index is 1.72. The van der Waals surface area contributed by atoms with E-state index in [1.807, 2.05) is 6.92 Å². The SMILES string of the molecule is CC(NC1CCCN(C)C1)C(=O)NC1CC1. The maximum Gasteiger partial charge on any atom is 0.237 e. The number of hydrogen-bond acceptors (Lipinski definition) is 3. The van der Waals surface area contributed by atoms with Gasteiger partial charge in [0.2, 0.25) is 5.91 Å². The van der Waals surface area contributed by atoms with Gasteiger partial charge in [-0.25, -0.2) is 0 Å². The number of piperidine rings is 1. The van der Waals surface area contributed by atoms with E-state index in [1.54, 1.807) is 0 Å². The molecule has 2 unspecified atom stereocenters. The van der Waals surface area contributed by atoms with Crippen LogP contribution in [0.4, 0.5) is 0 Å². The average molecular weight is 225 g/mol. The molecule has 0 spiro atoms. The Labute approximate surface area is 97.8 Å². The fraction of sp³-hybridized carbons (Fsp3) is 0.917. The first-order valence-corrected chi connectivity index (χ1v) is 6.40. The number of amides is 1. The molecule has 2 rings (SSSR count). The lowest BCUT2D eigenvalue weighted by atomic mass is 10.1. The number of nitrogens with one attached hydrogen (secondary N) is 2. The molecule has 2 aliphatic rings. The smallest absolute Gasteiger partial charge is 0.237 e. The van der Waals surface area contributed by atoms with Crippen LogP contribution in [0, 0.1) is 0 Å². The van der Waals surface area contributed by atoms with Gasteiger partial charge in [-0.2, -0.15) is 0 Å². The number of carbonyl (C=O) groups is 1. The molecule has 0 bridgehead atoms. The molecule has 1 amide bonds. The van der Waals surface area contributed by atoms with Gasteiger partial charge in [0.15, 0.2) is 0 Å². The Morgan fingerprint density at radius 2 is 2.06 bits per heavy atom. The summed E-state index contributed by atoms with van der Waals surface area (Å²) in [6, 6.07) is 0.876. The van der Waals surface area contributed by atoms with Gasteiger partial charge in [-0.05, 0) is 46.2 Å². The summed E-state index contributed by atoms with van der Waals surface area (Å²) in [4.78, 5) is 14.1. The minimum atomic E-state index is -0.0582. The molecule has 0 aromatic heterocycles. The largest absolute Gasteiger partial charge is 0.352 e. The van der Waals surface area contributed by atoms with Crippen LogP contribution in [0.5, 0.6) is 0 Å². The number of likely N-dealkylation sites (N-methyl/N-ethyl adjacent to an activating group) is 1. The monoisotopic (exact) mass is 225 g/mol. The van der Waals surface area contributed by atoms with Gasteiger partial charge in [-0.15, -0.1) is 0 Å². The van der Waals surface area contributed by atoms with Crippen LogP contribution < -0.4 is 10.6 Å². The summed E-state index contributed by atoms with van der Waals surface area (Å²) in [5, 5.41) is 6.47. The Kier molecular flexibility index (Phi) is 3.82. The van der Waals surface area contributed by atoms with Crippen molar-refractivity contribution in [2.75, 3.05) is 20.1 Å². The van der Waals surface area contributed by atoms with Crippen LogP contribution in [0.1, 0.15) is 32.6 Å². The first-order chi connectivity index (χ1) is 7.65. The third kappa shape index (κ3) is 3.46. The minimum absolute atomic E-state index is 0.0582. The van der Waals surface area contributed by atoms with Gasteiger partial charge in [-0.3, -0.25) is 4.79 Å². The van der Waals surface area contributed by atoms with Crippen LogP contribution in [0.15, 0.2) is 0 Å². The Morgan fingerprint density at radius 1 is 1.31 bits per heavy atom. The van der Waals surface area contributed by atoms with E-state index in [4.69, 9.17) is 0 Å². The summed E-state index contributed by atoms with van der Waals surface area (Å²) in [5.41, 5.74) is 0. The maximum atomic E-state index is 11.8. The second-order valence-electron chi connectivity index (χ2n) is 5.27. The van der Waals surface area contributed by atoms with Crippen LogP contribution in [-0.2, 0) is 4.79 Å². The van der Waals surface area contributed by atoms with Gasteiger partial charge >= 0.3 is 0 Å². The summed E-state index contributed by atoms with van der Waals surface area (Å²) in [7, 11) is 2.14. The lowest BCUT2D eigenvalue weighted by Crippen LogP contribution is -2.52. The van der Waals surface area contributed by atoms with Gasteiger partial charge in [-0.1, -0.05) is 0 Å². The van der Waals surface area contributed by atoms with Gasteiger partial charge in [0, 0.05) is 18.6 Å². The molecule has 1 aliphatic heterocycles. The molecule has 1 heterocycles. The molecule has 2 atom stereocenters. The van der Waals surface area contributed by atoms with Crippen molar-refractivity contribution in [3.05, 3.63) is 0 Å². The molecule has 1 saturated carbocycles. The molecule has 92 valence electrons. The van der Waals surface area contributed by atoms with E-state index in [-0.39, 0.29) is 11.9 Å². The van der Waals surface area contributed by atoms with Gasteiger partial charge < -0.3 is 15.5 Å². The van der Waals surface area contributed by atoms with E-state index < -0.39 is 0 Å². The zero-order chi connectivity index (χ0) is 11.5. The molecular weight excluding hydrogens is 202 g/mol. The molecule has 0 radical (unpaired) electrons. The van der Waals surface area contributed by atoms with Crippen molar-refractivity contribution in [1.82, 2.24) is 15.5 Å². The first kappa shape index (κ1) is 11.9. The van der Waals surface area contributed by atoms with Crippen LogP contribution >= 0.6 is 0 Å². The summed E-state index contributed by atoms with van der Waals surface area (Å²) >= 11 is 0. The molecule has 2 N–H and O–H groups in total. The second kappa shape index (κ2) is 5.15. The van der Waals surface area contributed by atoms with E-state index in [1.165, 1.54) is 19.4 Å². The normalized spacial score (nSPS) is 28.8. The van der Waals surface area contributed by atoms with Crippen molar-refractivity contribution in [2.24, 2.45) is 0 Å². The van der Waals surface area contributed by atoms with Crippen molar-refractivity contribution in [2.45, 2.75) is 50.7 Å². The average Bonchev–Trinajstić information content (AvgIpc) is 3.01. The maximum absolute atomic E-state index is 11.8. The highest BCUT2D eigenvalue weighted by Gasteiger charge is 2.27. The zero-order valence-electron chi connectivity index (χ0n) is 10.3. The fourth-order valence-corrected chi connectivity index (χ4v) is 2.29. The topological polar surface area (TPSA) is 44.4 Å². The number of rotatable bonds is 4. The van der Waals surface area contributed by atoms with Gasteiger partial charge in [0.1, 0.15) is 0 Å². The Bertz CT molecular complexity index is 253. The van der Waals surface area contributed by atoms with Crippen molar-refractivity contribution in [3.8, 4) is 0 Å². The standard InChI is InChI=1S/C12H23N3O/c1-9(12(16)14-10-5-6-10)13-11-4-3-7-15(2)8-11/h9-11,13H,3-8H2,1-2H3,(H,14,16). The van der Waals surface area contributed by atoms with Crippen molar-refractivity contribution < 1.29 is 4.79 Å². The molecule has 2 fully saturated rings. The fourth-order valence-electron chi connectivity index (χ4n) is 2.29. The van der Waals surface area contributed by atoms with Gasteiger partial charge in [0.05, 0.1) is 6.04 Å². The predicted octanol–water partition coefficient (Wildman–Crippen LogP) is 0.337. The van der Waals surface area contributed by atoms with Crippen LogP contribution in [0.2, 0.25) is 0 Å². The third-order valence-electron chi connectivity index (χ3n) is 3.43. The van der Waals surface area contributed by atoms with Crippen LogP contribution in [-0.4, -0.2) is 49.1 Å². The van der Waals surface area contributed by atoms with E-state index >= 15 is 0 Å². The highest BCUT2D eigenvalue weighted by atomic mass is 16.2. The number of hydrogen-bond donors (Lipinski definition) is 2. The lowest BCUT2D eigenvalue weighted by molar-refractivity contribution is -0.123. The lowest BCUT2D eigenvalue weighted by Gasteiger charge is -2.32. The van der Waals surface area contributed by atoms with Crippen molar-refractivity contribution in [3.63, 3.8) is 0 Å². The Hall–Kier alpha value is -0.610. The quantitative estimate of drug-likeness (QED) is 0.725. The van der Waals surface area contributed by atoms with Crippen molar-refractivity contribution >= 4 is 5.91 Å². The molecular formula is C12H23N3O. The molecule has 4 heteroatoms. The van der Waals surface area contributed by atoms with Crippen LogP contribution in [0.3, 0.4) is 0 Å². The summed E-state index contributed by atoms with van der Waals surface area (Å²) in [6.07, 6.45) is 4.73. The predicted molar refractivity (Wildman–Crippen MR) is 64.3 cm³/mol. The van der Waals surface area contributed by atoms with Crippen LogP contribution in [0.25, 0.3) is 0 Å². The second-order valence-corrected chi connectivity index (χ2v) is 5.27. The molecule has 16 heavy (non-hydrogen) atoms. The highest BCUT2D eigenvalue weighted by molar-refractivity contribution is 5.81. The summed E-state index contributed by atoms with van der Waals surface area (Å²) in [6.45, 7) is 4.20. The Morgan fingerprint density at radius 3 is 2.69 bits per heavy atom.